The maximum Gasteiger partial charge on any atom is 0.388 e. The number of aromatic nitrogens is 2. The summed E-state index contributed by atoms with van der Waals surface area (Å²) in [4.78, 5) is 0. The van der Waals surface area contributed by atoms with Gasteiger partial charge in [-0.1, -0.05) is 18.2 Å². The highest BCUT2D eigenvalue weighted by molar-refractivity contribution is 5.93. The Morgan fingerprint density at radius 3 is 2.70 bits per heavy atom. The van der Waals surface area contributed by atoms with Crippen molar-refractivity contribution in [3.63, 3.8) is 0 Å². The van der Waals surface area contributed by atoms with Gasteiger partial charge in [0.1, 0.15) is 17.3 Å². The van der Waals surface area contributed by atoms with Crippen molar-refractivity contribution >= 4 is 5.84 Å². The molecule has 0 spiro atoms. The summed E-state index contributed by atoms with van der Waals surface area (Å²) in [7, 11) is 0. The van der Waals surface area contributed by atoms with Gasteiger partial charge in [-0.25, -0.2) is 9.07 Å². The third kappa shape index (κ3) is 3.08. The number of alkyl halides is 2. The molecule has 0 bridgehead atoms. The second kappa shape index (κ2) is 5.64. The van der Waals surface area contributed by atoms with Gasteiger partial charge >= 0.3 is 6.61 Å². The van der Waals surface area contributed by atoms with Crippen molar-refractivity contribution in [1.29, 1.82) is 5.41 Å². The lowest BCUT2D eigenvalue weighted by Crippen LogP contribution is -2.13. The van der Waals surface area contributed by atoms with E-state index in [1.807, 2.05) is 0 Å². The molecule has 2 aromatic rings. The first-order valence-electron chi connectivity index (χ1n) is 5.58. The Bertz CT molecular complexity index is 627. The van der Waals surface area contributed by atoms with Crippen LogP contribution in [0, 0.1) is 11.2 Å². The van der Waals surface area contributed by atoms with Crippen molar-refractivity contribution in [3.05, 3.63) is 47.4 Å². The molecule has 20 heavy (non-hydrogen) atoms. The summed E-state index contributed by atoms with van der Waals surface area (Å²) < 4.78 is 43.5. The first kappa shape index (κ1) is 13.9. The van der Waals surface area contributed by atoms with E-state index in [1.165, 1.54) is 18.2 Å². The number of hydrogen-bond acceptors (Lipinski definition) is 3. The first-order chi connectivity index (χ1) is 9.47. The van der Waals surface area contributed by atoms with Crippen molar-refractivity contribution in [2.75, 3.05) is 0 Å². The fraction of sp³-hybridized carbons (Fsp3) is 0.167. The molecule has 1 heterocycles. The lowest BCUT2D eigenvalue weighted by Gasteiger charge is -2.08. The summed E-state index contributed by atoms with van der Waals surface area (Å²) in [5.74, 6) is -1.17. The molecule has 0 fully saturated rings. The number of benzene rings is 1. The molecule has 106 valence electrons. The average Bonchev–Trinajstić information content (AvgIpc) is 2.75. The van der Waals surface area contributed by atoms with Crippen LogP contribution < -0.4 is 10.5 Å². The van der Waals surface area contributed by atoms with E-state index >= 15 is 0 Å². The zero-order valence-corrected chi connectivity index (χ0v) is 10.2. The van der Waals surface area contributed by atoms with Gasteiger partial charge in [-0.3, -0.25) is 5.41 Å². The van der Waals surface area contributed by atoms with Gasteiger partial charge in [-0.2, -0.15) is 13.9 Å². The maximum atomic E-state index is 13.5. The highest BCUT2D eigenvalue weighted by atomic mass is 19.3. The SMILES string of the molecule is N=C(N)c1cc(OC(F)F)n(Cc2ccccc2F)n1. The van der Waals surface area contributed by atoms with Crippen LogP contribution in [0.25, 0.3) is 0 Å². The molecule has 0 aliphatic rings. The molecule has 1 aromatic carbocycles. The molecule has 0 aliphatic carbocycles. The number of halogens is 3. The minimum absolute atomic E-state index is 0.0167. The standard InChI is InChI=1S/C12H11F3N4O/c13-8-4-2-1-3-7(8)6-19-10(20-12(14)15)5-9(18-19)11(16)17/h1-5,12H,6H2,(H3,16,17). The molecular weight excluding hydrogens is 273 g/mol. The summed E-state index contributed by atoms with van der Waals surface area (Å²) in [6.45, 7) is -3.16. The minimum Gasteiger partial charge on any atom is -0.417 e. The van der Waals surface area contributed by atoms with Crippen LogP contribution >= 0.6 is 0 Å². The molecule has 5 nitrogen and oxygen atoms in total. The Morgan fingerprint density at radius 1 is 1.40 bits per heavy atom. The zero-order chi connectivity index (χ0) is 14.7. The Morgan fingerprint density at radius 2 is 2.10 bits per heavy atom. The largest absolute Gasteiger partial charge is 0.417 e. The number of ether oxygens (including phenoxy) is 1. The molecule has 0 saturated carbocycles. The molecule has 0 saturated heterocycles. The Balaban J connectivity index is 2.34. The van der Waals surface area contributed by atoms with Gasteiger partial charge in [-0.05, 0) is 6.07 Å². The van der Waals surface area contributed by atoms with Crippen molar-refractivity contribution in [1.82, 2.24) is 9.78 Å². The predicted molar refractivity (Wildman–Crippen MR) is 65.4 cm³/mol. The lowest BCUT2D eigenvalue weighted by molar-refractivity contribution is -0.0556. The van der Waals surface area contributed by atoms with Crippen LogP contribution in [-0.4, -0.2) is 22.2 Å². The van der Waals surface area contributed by atoms with E-state index in [-0.39, 0.29) is 23.7 Å². The molecule has 0 amide bonds. The average molecular weight is 284 g/mol. The van der Waals surface area contributed by atoms with Gasteiger partial charge in [0.2, 0.25) is 5.88 Å². The van der Waals surface area contributed by atoms with E-state index in [4.69, 9.17) is 11.1 Å². The number of nitrogens with zero attached hydrogens (tertiary/aromatic N) is 2. The number of hydrogen-bond donors (Lipinski definition) is 2. The third-order valence-electron chi connectivity index (χ3n) is 2.51. The van der Waals surface area contributed by atoms with Crippen LogP contribution in [0.15, 0.2) is 30.3 Å². The van der Waals surface area contributed by atoms with E-state index < -0.39 is 18.3 Å². The Labute approximate surface area is 112 Å². The number of amidine groups is 1. The quantitative estimate of drug-likeness (QED) is 0.651. The van der Waals surface area contributed by atoms with Gasteiger partial charge < -0.3 is 10.5 Å². The van der Waals surface area contributed by atoms with Crippen molar-refractivity contribution in [3.8, 4) is 5.88 Å². The minimum atomic E-state index is -3.05. The van der Waals surface area contributed by atoms with Gasteiger partial charge in [0, 0.05) is 11.6 Å². The number of nitrogens with one attached hydrogen (secondary N) is 1. The van der Waals surface area contributed by atoms with Crippen LogP contribution in [0.1, 0.15) is 11.3 Å². The first-order valence-corrected chi connectivity index (χ1v) is 5.58. The Hall–Kier alpha value is -2.51. The Kier molecular flexibility index (Phi) is 3.92. The van der Waals surface area contributed by atoms with Crippen LogP contribution in [0.3, 0.4) is 0 Å². The summed E-state index contributed by atoms with van der Waals surface area (Å²) in [5.41, 5.74) is 5.48. The monoisotopic (exact) mass is 284 g/mol. The van der Waals surface area contributed by atoms with Crippen LogP contribution in [0.2, 0.25) is 0 Å². The van der Waals surface area contributed by atoms with Gasteiger partial charge in [-0.15, -0.1) is 0 Å². The second-order valence-corrected chi connectivity index (χ2v) is 3.91. The van der Waals surface area contributed by atoms with E-state index in [0.29, 0.717) is 0 Å². The van der Waals surface area contributed by atoms with Crippen molar-refractivity contribution in [2.45, 2.75) is 13.2 Å². The van der Waals surface area contributed by atoms with E-state index in [9.17, 15) is 13.2 Å². The zero-order valence-electron chi connectivity index (χ0n) is 10.2. The summed E-state index contributed by atoms with van der Waals surface area (Å²) in [5, 5.41) is 11.1. The van der Waals surface area contributed by atoms with Crippen LogP contribution in [0.5, 0.6) is 5.88 Å². The van der Waals surface area contributed by atoms with E-state index in [0.717, 1.165) is 10.7 Å². The van der Waals surface area contributed by atoms with Gasteiger partial charge in [0.25, 0.3) is 0 Å². The fourth-order valence-electron chi connectivity index (χ4n) is 1.62. The highest BCUT2D eigenvalue weighted by Gasteiger charge is 2.16. The maximum absolute atomic E-state index is 13.5. The smallest absolute Gasteiger partial charge is 0.388 e. The molecule has 0 atom stereocenters. The fourth-order valence-corrected chi connectivity index (χ4v) is 1.62. The van der Waals surface area contributed by atoms with E-state index in [2.05, 4.69) is 9.84 Å². The lowest BCUT2D eigenvalue weighted by atomic mass is 10.2. The third-order valence-corrected chi connectivity index (χ3v) is 2.51. The second-order valence-electron chi connectivity index (χ2n) is 3.91. The molecule has 0 radical (unpaired) electrons. The van der Waals surface area contributed by atoms with Crippen LogP contribution in [-0.2, 0) is 6.54 Å². The van der Waals surface area contributed by atoms with Crippen LogP contribution in [0.4, 0.5) is 13.2 Å². The summed E-state index contributed by atoms with van der Waals surface area (Å²) >= 11 is 0. The molecular formula is C12H11F3N4O. The molecule has 0 aliphatic heterocycles. The number of nitrogens with two attached hydrogens (primary N) is 1. The topological polar surface area (TPSA) is 76.9 Å². The summed E-state index contributed by atoms with van der Waals surface area (Å²) in [6.07, 6.45) is 0. The summed E-state index contributed by atoms with van der Waals surface area (Å²) in [6, 6.07) is 6.98. The van der Waals surface area contributed by atoms with Gasteiger partial charge in [0.05, 0.1) is 6.54 Å². The highest BCUT2D eigenvalue weighted by Crippen LogP contribution is 2.19. The molecule has 2 rings (SSSR count). The number of nitrogen functional groups attached to an aromatic ring is 1. The van der Waals surface area contributed by atoms with E-state index in [1.54, 1.807) is 6.07 Å². The molecule has 1 aromatic heterocycles. The predicted octanol–water partition coefficient (Wildman–Crippen LogP) is 1.96. The molecule has 0 unspecified atom stereocenters. The van der Waals surface area contributed by atoms with Crippen molar-refractivity contribution in [2.24, 2.45) is 5.73 Å². The normalized spacial score (nSPS) is 10.8. The molecule has 8 heteroatoms. The number of rotatable bonds is 5. The van der Waals surface area contributed by atoms with Crippen molar-refractivity contribution < 1.29 is 17.9 Å². The van der Waals surface area contributed by atoms with Gasteiger partial charge in [0.15, 0.2) is 0 Å². The molecule has 3 N–H and O–H groups in total.